The lowest BCUT2D eigenvalue weighted by Gasteiger charge is -2.03. The van der Waals surface area contributed by atoms with Gasteiger partial charge in [0.25, 0.3) is 5.91 Å². The molecule has 2 aromatic rings. The van der Waals surface area contributed by atoms with Crippen LogP contribution in [-0.4, -0.2) is 24.3 Å². The normalized spacial score (nSPS) is 10.2. The predicted molar refractivity (Wildman–Crippen MR) is 76.0 cm³/mol. The van der Waals surface area contributed by atoms with Crippen LogP contribution in [0.15, 0.2) is 53.8 Å². The molecule has 0 radical (unpaired) electrons. The van der Waals surface area contributed by atoms with Crippen molar-refractivity contribution in [1.29, 1.82) is 0 Å². The molecule has 0 saturated heterocycles. The Hall–Kier alpha value is -2.89. The van der Waals surface area contributed by atoms with Gasteiger partial charge in [0.15, 0.2) is 0 Å². The number of benzene rings is 1. The van der Waals surface area contributed by atoms with E-state index in [0.29, 0.717) is 5.56 Å². The van der Waals surface area contributed by atoms with Crippen molar-refractivity contribution >= 4 is 17.9 Å². The minimum atomic E-state index is -0.260. The second-order valence-electron chi connectivity index (χ2n) is 3.79. The van der Waals surface area contributed by atoms with E-state index in [1.54, 1.807) is 37.7 Å². The van der Waals surface area contributed by atoms with Gasteiger partial charge in [0.2, 0.25) is 0 Å². The first-order chi connectivity index (χ1) is 9.79. The van der Waals surface area contributed by atoms with Crippen LogP contribution in [0.4, 0.5) is 5.69 Å². The Labute approximate surface area is 116 Å². The summed E-state index contributed by atoms with van der Waals surface area (Å²) in [5, 5.41) is 0. The van der Waals surface area contributed by atoms with Gasteiger partial charge in [0.05, 0.1) is 12.8 Å². The van der Waals surface area contributed by atoms with Crippen LogP contribution in [0.3, 0.4) is 0 Å². The van der Waals surface area contributed by atoms with Gasteiger partial charge in [-0.15, -0.1) is 0 Å². The van der Waals surface area contributed by atoms with Crippen LogP contribution in [0.1, 0.15) is 10.4 Å². The van der Waals surface area contributed by atoms with Crippen molar-refractivity contribution in [2.24, 2.45) is 4.99 Å². The number of methoxy groups -OCH3 is 1. The highest BCUT2D eigenvalue weighted by Gasteiger charge is 2.01. The molecule has 1 aromatic carbocycles. The third-order valence-corrected chi connectivity index (χ3v) is 2.46. The molecule has 0 bridgehead atoms. The molecule has 1 aromatic heterocycles. The maximum atomic E-state index is 11.7. The number of aliphatic imine (C=N–C) groups is 1. The van der Waals surface area contributed by atoms with E-state index in [9.17, 15) is 4.79 Å². The lowest BCUT2D eigenvalue weighted by atomic mass is 10.3. The largest absolute Gasteiger partial charge is 0.497 e. The van der Waals surface area contributed by atoms with Crippen LogP contribution in [0.25, 0.3) is 0 Å². The van der Waals surface area contributed by atoms with Gasteiger partial charge in [0.1, 0.15) is 12.1 Å². The maximum absolute atomic E-state index is 11.7. The summed E-state index contributed by atoms with van der Waals surface area (Å²) in [5.74, 6) is 0.463. The summed E-state index contributed by atoms with van der Waals surface area (Å²) in [6, 6.07) is 10.5. The topological polar surface area (TPSA) is 75.6 Å². The molecule has 2 rings (SSSR count). The van der Waals surface area contributed by atoms with Crippen molar-refractivity contribution in [2.45, 2.75) is 0 Å². The fraction of sp³-hybridized carbons (Fsp3) is 0.0714. The fourth-order valence-electron chi connectivity index (χ4n) is 1.47. The summed E-state index contributed by atoms with van der Waals surface area (Å²) < 4.78 is 5.09. The van der Waals surface area contributed by atoms with E-state index in [1.165, 1.54) is 6.34 Å². The summed E-state index contributed by atoms with van der Waals surface area (Å²) in [7, 11) is 1.59. The zero-order valence-electron chi connectivity index (χ0n) is 10.9. The van der Waals surface area contributed by atoms with E-state index >= 15 is 0 Å². The van der Waals surface area contributed by atoms with Crippen LogP contribution >= 0.6 is 0 Å². The Balaban J connectivity index is 1.86. The summed E-state index contributed by atoms with van der Waals surface area (Å²) in [4.78, 5) is 19.7. The summed E-state index contributed by atoms with van der Waals surface area (Å²) in [6.07, 6.45) is 4.51. The fourth-order valence-corrected chi connectivity index (χ4v) is 1.47. The quantitative estimate of drug-likeness (QED) is 0.492. The van der Waals surface area contributed by atoms with Gasteiger partial charge < -0.3 is 4.74 Å². The first-order valence-corrected chi connectivity index (χ1v) is 5.92. The van der Waals surface area contributed by atoms with Gasteiger partial charge in [-0.1, -0.05) is 6.07 Å². The zero-order chi connectivity index (χ0) is 14.2. The number of amides is 1. The van der Waals surface area contributed by atoms with Gasteiger partial charge in [-0.2, -0.15) is 0 Å². The molecular weight excluding hydrogens is 256 g/mol. The van der Waals surface area contributed by atoms with Crippen LogP contribution in [0, 0.1) is 0 Å². The van der Waals surface area contributed by atoms with Crippen LogP contribution < -0.4 is 15.6 Å². The molecule has 102 valence electrons. The predicted octanol–water partition coefficient (Wildman–Crippen LogP) is 1.68. The van der Waals surface area contributed by atoms with E-state index in [-0.39, 0.29) is 5.91 Å². The first kappa shape index (κ1) is 13.5. The van der Waals surface area contributed by atoms with E-state index in [2.05, 4.69) is 20.8 Å². The van der Waals surface area contributed by atoms with Crippen molar-refractivity contribution in [3.63, 3.8) is 0 Å². The number of carbonyl (C=O) groups excluding carboxylic acids is 1. The Morgan fingerprint density at radius 3 is 2.85 bits per heavy atom. The third-order valence-electron chi connectivity index (χ3n) is 2.46. The summed E-state index contributed by atoms with van der Waals surface area (Å²) in [5.41, 5.74) is 6.35. The number of hydrogen-bond donors (Lipinski definition) is 2. The highest BCUT2D eigenvalue weighted by atomic mass is 16.5. The summed E-state index contributed by atoms with van der Waals surface area (Å²) in [6.45, 7) is 0. The molecule has 6 heteroatoms. The standard InChI is InChI=1S/C14H14N4O2/c1-20-13-4-2-3-12(9-13)16-10-17-18-14(19)11-5-7-15-8-6-11/h2-10H,1H3,(H,16,17)(H,18,19). The second kappa shape index (κ2) is 6.89. The minimum Gasteiger partial charge on any atom is -0.497 e. The Morgan fingerprint density at radius 1 is 1.30 bits per heavy atom. The Kier molecular flexibility index (Phi) is 4.66. The average Bonchev–Trinajstić information content (AvgIpc) is 2.52. The molecule has 0 atom stereocenters. The van der Waals surface area contributed by atoms with Gasteiger partial charge >= 0.3 is 0 Å². The molecule has 2 N–H and O–H groups in total. The number of pyridine rings is 1. The number of hydrazine groups is 1. The number of ether oxygens (including phenoxy) is 1. The van der Waals surface area contributed by atoms with E-state index in [1.807, 2.05) is 18.2 Å². The maximum Gasteiger partial charge on any atom is 0.269 e. The molecule has 1 amide bonds. The molecule has 6 nitrogen and oxygen atoms in total. The van der Waals surface area contributed by atoms with Crippen molar-refractivity contribution in [3.05, 3.63) is 54.4 Å². The molecule has 0 aliphatic heterocycles. The van der Waals surface area contributed by atoms with Crippen molar-refractivity contribution in [3.8, 4) is 5.75 Å². The Morgan fingerprint density at radius 2 is 2.10 bits per heavy atom. The average molecular weight is 270 g/mol. The highest BCUT2D eigenvalue weighted by molar-refractivity contribution is 5.94. The van der Waals surface area contributed by atoms with Crippen molar-refractivity contribution in [2.75, 3.05) is 7.11 Å². The zero-order valence-corrected chi connectivity index (χ0v) is 10.9. The number of hydrogen-bond acceptors (Lipinski definition) is 4. The van der Waals surface area contributed by atoms with Crippen molar-refractivity contribution in [1.82, 2.24) is 15.8 Å². The minimum absolute atomic E-state index is 0.260. The third kappa shape index (κ3) is 3.81. The van der Waals surface area contributed by atoms with Gasteiger partial charge in [-0.25, -0.2) is 4.99 Å². The molecule has 0 spiro atoms. The monoisotopic (exact) mass is 270 g/mol. The molecular formula is C14H14N4O2. The van der Waals surface area contributed by atoms with Crippen LogP contribution in [0.2, 0.25) is 0 Å². The van der Waals surface area contributed by atoms with Crippen LogP contribution in [-0.2, 0) is 0 Å². The molecule has 0 fully saturated rings. The SMILES string of the molecule is COc1cccc(N=CNNC(=O)c2ccncc2)c1. The molecule has 0 aliphatic carbocycles. The number of nitrogens with zero attached hydrogens (tertiary/aromatic N) is 2. The van der Waals surface area contributed by atoms with E-state index in [0.717, 1.165) is 11.4 Å². The van der Waals surface area contributed by atoms with Crippen molar-refractivity contribution < 1.29 is 9.53 Å². The number of carbonyl (C=O) groups is 1. The molecule has 0 aliphatic rings. The lowest BCUT2D eigenvalue weighted by Crippen LogP contribution is -2.36. The lowest BCUT2D eigenvalue weighted by molar-refractivity contribution is 0.0944. The number of aromatic nitrogens is 1. The number of nitrogens with one attached hydrogen (secondary N) is 2. The first-order valence-electron chi connectivity index (χ1n) is 5.92. The molecule has 20 heavy (non-hydrogen) atoms. The van der Waals surface area contributed by atoms with Gasteiger partial charge in [0, 0.05) is 24.0 Å². The molecule has 0 saturated carbocycles. The summed E-state index contributed by atoms with van der Waals surface area (Å²) >= 11 is 0. The Bertz CT molecular complexity index is 599. The van der Waals surface area contributed by atoms with E-state index < -0.39 is 0 Å². The molecule has 0 unspecified atom stereocenters. The van der Waals surface area contributed by atoms with E-state index in [4.69, 9.17) is 4.74 Å². The highest BCUT2D eigenvalue weighted by Crippen LogP contribution is 2.18. The number of rotatable bonds is 5. The molecule has 1 heterocycles. The van der Waals surface area contributed by atoms with Gasteiger partial charge in [-0.05, 0) is 24.3 Å². The second-order valence-corrected chi connectivity index (χ2v) is 3.79. The van der Waals surface area contributed by atoms with Gasteiger partial charge in [-0.3, -0.25) is 20.6 Å². The van der Waals surface area contributed by atoms with Crippen LogP contribution in [0.5, 0.6) is 5.75 Å². The smallest absolute Gasteiger partial charge is 0.269 e.